The Kier molecular flexibility index (Phi) is 4.57. The second-order valence-electron chi connectivity index (χ2n) is 7.75. The standard InChI is InChI=1S/C21H19FN6O2S2/c1-21(12-32(29,30)27(2)20(23)26-21)19-17(22)15-6-3-5-14(18(15)31-19)13-7-8-16(24-11-13)28-10-4-9-25-28/h3-11H,12H2,1-2H3,(H2,23,26)/t21-/m0/s1. The number of fused-ring (bicyclic) bond motifs is 1. The number of nitrogens with zero attached hydrogens (tertiary/aromatic N) is 5. The maximum Gasteiger partial charge on any atom is 0.239 e. The molecular weight excluding hydrogens is 451 g/mol. The monoisotopic (exact) mass is 470 g/mol. The number of rotatable bonds is 3. The summed E-state index contributed by atoms with van der Waals surface area (Å²) in [6.45, 7) is 1.60. The van der Waals surface area contributed by atoms with Gasteiger partial charge in [-0.3, -0.25) is 0 Å². The van der Waals surface area contributed by atoms with Gasteiger partial charge in [0.25, 0.3) is 0 Å². The lowest BCUT2D eigenvalue weighted by Crippen LogP contribution is -2.50. The number of pyridine rings is 1. The highest BCUT2D eigenvalue weighted by atomic mass is 32.2. The Hall–Kier alpha value is -3.31. The minimum atomic E-state index is -3.71. The van der Waals surface area contributed by atoms with E-state index in [4.69, 9.17) is 5.73 Å². The van der Waals surface area contributed by atoms with Gasteiger partial charge in [0.2, 0.25) is 16.0 Å². The van der Waals surface area contributed by atoms with Gasteiger partial charge in [0.15, 0.2) is 5.82 Å². The summed E-state index contributed by atoms with van der Waals surface area (Å²) in [5.74, 6) is -0.338. The fourth-order valence-electron chi connectivity index (χ4n) is 3.81. The minimum Gasteiger partial charge on any atom is -0.369 e. The van der Waals surface area contributed by atoms with Gasteiger partial charge in [0.1, 0.15) is 11.4 Å². The van der Waals surface area contributed by atoms with Crippen LogP contribution < -0.4 is 5.73 Å². The third kappa shape index (κ3) is 3.16. The molecule has 0 radical (unpaired) electrons. The molecule has 0 bridgehead atoms. The van der Waals surface area contributed by atoms with Crippen LogP contribution in [0.5, 0.6) is 0 Å². The van der Waals surface area contributed by atoms with Gasteiger partial charge in [-0.05, 0) is 25.1 Å². The van der Waals surface area contributed by atoms with E-state index < -0.39 is 21.4 Å². The molecule has 1 atom stereocenters. The Bertz CT molecular complexity index is 1460. The lowest BCUT2D eigenvalue weighted by molar-refractivity contribution is 0.467. The number of thiophene rings is 1. The number of sulfonamides is 1. The van der Waals surface area contributed by atoms with E-state index in [1.807, 2.05) is 24.3 Å². The Labute approximate surface area is 187 Å². The largest absolute Gasteiger partial charge is 0.369 e. The molecule has 2 N–H and O–H groups in total. The van der Waals surface area contributed by atoms with Crippen LogP contribution in [0.3, 0.4) is 0 Å². The number of halogens is 1. The van der Waals surface area contributed by atoms with Crippen LogP contribution in [-0.2, 0) is 15.6 Å². The van der Waals surface area contributed by atoms with Crippen LogP contribution in [0.2, 0.25) is 0 Å². The minimum absolute atomic E-state index is 0.158. The average molecular weight is 471 g/mol. The Morgan fingerprint density at radius 2 is 2.03 bits per heavy atom. The second kappa shape index (κ2) is 7.10. The molecule has 0 amide bonds. The van der Waals surface area contributed by atoms with Crippen LogP contribution in [0.4, 0.5) is 4.39 Å². The molecule has 4 aromatic rings. The van der Waals surface area contributed by atoms with E-state index in [0.717, 1.165) is 15.4 Å². The molecule has 1 aromatic carbocycles. The molecule has 164 valence electrons. The number of nitrogens with two attached hydrogens (primary N) is 1. The van der Waals surface area contributed by atoms with Crippen molar-refractivity contribution in [1.82, 2.24) is 19.1 Å². The van der Waals surface area contributed by atoms with E-state index in [9.17, 15) is 8.42 Å². The fraction of sp³-hybridized carbons (Fsp3) is 0.190. The molecular formula is C21H19FN6O2S2. The predicted molar refractivity (Wildman–Crippen MR) is 123 cm³/mol. The van der Waals surface area contributed by atoms with E-state index in [0.29, 0.717) is 15.9 Å². The van der Waals surface area contributed by atoms with Gasteiger partial charge in [0.05, 0.1) is 10.6 Å². The molecule has 0 unspecified atom stereocenters. The first-order valence-corrected chi connectivity index (χ1v) is 12.1. The summed E-state index contributed by atoms with van der Waals surface area (Å²) < 4.78 is 43.9. The second-order valence-corrected chi connectivity index (χ2v) is 10.8. The zero-order valence-electron chi connectivity index (χ0n) is 17.2. The third-order valence-corrected chi connectivity index (χ3v) is 8.92. The molecule has 1 aliphatic rings. The molecule has 0 saturated heterocycles. The highest BCUT2D eigenvalue weighted by Crippen LogP contribution is 2.44. The highest BCUT2D eigenvalue weighted by molar-refractivity contribution is 7.89. The molecule has 32 heavy (non-hydrogen) atoms. The summed E-state index contributed by atoms with van der Waals surface area (Å²) in [6, 6.07) is 10.9. The molecule has 0 saturated carbocycles. The van der Waals surface area contributed by atoms with Gasteiger partial charge in [-0.25, -0.2) is 31.8 Å². The van der Waals surface area contributed by atoms with Crippen molar-refractivity contribution in [2.75, 3.05) is 12.8 Å². The zero-order chi connectivity index (χ0) is 22.7. The molecule has 0 spiro atoms. The number of benzene rings is 1. The summed E-state index contributed by atoms with van der Waals surface area (Å²) in [6.07, 6.45) is 5.18. The number of aromatic nitrogens is 3. The first-order chi connectivity index (χ1) is 15.2. The van der Waals surface area contributed by atoms with Crippen molar-refractivity contribution in [1.29, 1.82) is 0 Å². The van der Waals surface area contributed by atoms with Crippen molar-refractivity contribution in [2.45, 2.75) is 12.5 Å². The van der Waals surface area contributed by atoms with E-state index >= 15 is 4.39 Å². The topological polar surface area (TPSA) is 106 Å². The van der Waals surface area contributed by atoms with Crippen molar-refractivity contribution in [3.8, 4) is 16.9 Å². The van der Waals surface area contributed by atoms with Gasteiger partial charge in [-0.1, -0.05) is 18.2 Å². The summed E-state index contributed by atoms with van der Waals surface area (Å²) in [4.78, 5) is 9.05. The van der Waals surface area contributed by atoms with Gasteiger partial charge >= 0.3 is 0 Å². The lowest BCUT2D eigenvalue weighted by Gasteiger charge is -2.33. The van der Waals surface area contributed by atoms with E-state index in [1.54, 1.807) is 42.3 Å². The summed E-state index contributed by atoms with van der Waals surface area (Å²) in [5, 5.41) is 4.58. The number of guanidine groups is 1. The van der Waals surface area contributed by atoms with Crippen molar-refractivity contribution < 1.29 is 12.8 Å². The van der Waals surface area contributed by atoms with Crippen LogP contribution in [0.1, 0.15) is 11.8 Å². The molecule has 5 rings (SSSR count). The fourth-order valence-corrected chi connectivity index (χ4v) is 6.65. The molecule has 1 aliphatic heterocycles. The van der Waals surface area contributed by atoms with Crippen molar-refractivity contribution in [3.63, 3.8) is 0 Å². The summed E-state index contributed by atoms with van der Waals surface area (Å²) in [7, 11) is -2.37. The quantitative estimate of drug-likeness (QED) is 0.495. The van der Waals surface area contributed by atoms with Gasteiger partial charge in [-0.2, -0.15) is 5.10 Å². The van der Waals surface area contributed by atoms with Crippen LogP contribution in [0, 0.1) is 5.82 Å². The number of aliphatic imine (C=N–C) groups is 1. The third-order valence-electron chi connectivity index (χ3n) is 5.51. The number of hydrogen-bond acceptors (Lipinski definition) is 7. The van der Waals surface area contributed by atoms with Gasteiger partial charge < -0.3 is 5.73 Å². The Morgan fingerprint density at radius 3 is 2.69 bits per heavy atom. The molecule has 11 heteroatoms. The molecule has 0 aliphatic carbocycles. The summed E-state index contributed by atoms with van der Waals surface area (Å²) in [5.41, 5.74) is 6.14. The van der Waals surface area contributed by atoms with Crippen molar-refractivity contribution >= 4 is 37.4 Å². The van der Waals surface area contributed by atoms with Crippen LogP contribution in [-0.4, -0.2) is 46.2 Å². The van der Waals surface area contributed by atoms with E-state index in [-0.39, 0.29) is 16.6 Å². The summed E-state index contributed by atoms with van der Waals surface area (Å²) >= 11 is 1.19. The SMILES string of the molecule is CN1C(N)=N[C@](C)(c2sc3c(-c4ccc(-n5cccn5)nc4)cccc3c2F)CS1(=O)=O. The molecule has 4 heterocycles. The van der Waals surface area contributed by atoms with Gasteiger partial charge in [-0.15, -0.1) is 11.3 Å². The molecule has 0 fully saturated rings. The lowest BCUT2D eigenvalue weighted by atomic mass is 10.0. The normalized spacial score (nSPS) is 20.5. The van der Waals surface area contributed by atoms with Crippen molar-refractivity contribution in [3.05, 3.63) is 65.7 Å². The molecule has 3 aromatic heterocycles. The van der Waals surface area contributed by atoms with Crippen molar-refractivity contribution in [2.24, 2.45) is 10.7 Å². The smallest absolute Gasteiger partial charge is 0.239 e. The first-order valence-electron chi connectivity index (χ1n) is 9.69. The maximum absolute atomic E-state index is 15.5. The Balaban J connectivity index is 1.64. The highest BCUT2D eigenvalue weighted by Gasteiger charge is 2.43. The van der Waals surface area contributed by atoms with E-state index in [2.05, 4.69) is 15.1 Å². The molecule has 8 nitrogen and oxygen atoms in total. The number of hydrogen-bond donors (Lipinski definition) is 1. The first kappa shape index (κ1) is 20.6. The Morgan fingerprint density at radius 1 is 1.22 bits per heavy atom. The van der Waals surface area contributed by atoms with E-state index in [1.165, 1.54) is 18.4 Å². The van der Waals surface area contributed by atoms with Crippen LogP contribution in [0.15, 0.2) is 60.0 Å². The van der Waals surface area contributed by atoms with Crippen LogP contribution in [0.25, 0.3) is 27.0 Å². The van der Waals surface area contributed by atoms with Crippen LogP contribution >= 0.6 is 11.3 Å². The maximum atomic E-state index is 15.5. The predicted octanol–water partition coefficient (Wildman–Crippen LogP) is 3.09. The average Bonchev–Trinajstić information content (AvgIpc) is 3.41. The zero-order valence-corrected chi connectivity index (χ0v) is 18.9. The van der Waals surface area contributed by atoms with Gasteiger partial charge in [0, 0.05) is 46.9 Å².